The van der Waals surface area contributed by atoms with Crippen LogP contribution in [0.25, 0.3) is 10.6 Å². The minimum absolute atomic E-state index is 0.0924. The first-order valence-electron chi connectivity index (χ1n) is 11.2. The maximum atomic E-state index is 13.8. The Kier molecular flexibility index (Phi) is 5.37. The van der Waals surface area contributed by atoms with Crippen LogP contribution in [-0.4, -0.2) is 38.1 Å². The summed E-state index contributed by atoms with van der Waals surface area (Å²) in [5.41, 5.74) is 2.45. The van der Waals surface area contributed by atoms with Gasteiger partial charge in [0.1, 0.15) is 16.9 Å². The molecule has 1 atom stereocenters. The van der Waals surface area contributed by atoms with E-state index in [2.05, 4.69) is 5.32 Å². The van der Waals surface area contributed by atoms with E-state index >= 15 is 0 Å². The lowest BCUT2D eigenvalue weighted by Crippen LogP contribution is -2.64. The number of carbonyl (C=O) groups excluding carboxylic acids is 2. The molecule has 166 valence electrons. The van der Waals surface area contributed by atoms with Gasteiger partial charge in [0, 0.05) is 12.6 Å². The van der Waals surface area contributed by atoms with Crippen molar-refractivity contribution in [3.05, 3.63) is 64.7 Å². The fourth-order valence-electron chi connectivity index (χ4n) is 4.80. The minimum atomic E-state index is -1.02. The Hall–Kier alpha value is -2.93. The molecule has 1 aliphatic carbocycles. The van der Waals surface area contributed by atoms with Gasteiger partial charge in [-0.1, -0.05) is 43.2 Å². The third-order valence-electron chi connectivity index (χ3n) is 6.84. The maximum Gasteiger partial charge on any atom is 0.273 e. The molecule has 7 heteroatoms. The molecule has 1 aliphatic heterocycles. The van der Waals surface area contributed by atoms with Crippen LogP contribution in [0.5, 0.6) is 0 Å². The number of rotatable bonds is 5. The second kappa shape index (κ2) is 8.20. The average Bonchev–Trinajstić information content (AvgIpc) is 3.53. The number of hydrogen-bond donors (Lipinski definition) is 1. The standard InChI is InChI=1S/C25H28N4O2S/c1-17-8-3-4-9-18(17)15-28-23(30)21-14-20(22-12-7-13-32-22)27-29(21)16-25(28,2)24(31)26-19-10-5-6-11-19/h3-4,7-9,12-14,19H,5-6,10-11,15-16H2,1-2H3,(H,26,31)/t25-/m1/s1. The monoisotopic (exact) mass is 448 g/mol. The SMILES string of the molecule is Cc1ccccc1CN1C(=O)c2cc(-c3cccs3)nn2C[C@]1(C)C(=O)NC1CCCC1. The quantitative estimate of drug-likeness (QED) is 0.629. The van der Waals surface area contributed by atoms with Crippen molar-refractivity contribution in [2.75, 3.05) is 0 Å². The van der Waals surface area contributed by atoms with E-state index in [1.807, 2.05) is 61.7 Å². The number of fused-ring (bicyclic) bond motifs is 1. The van der Waals surface area contributed by atoms with Gasteiger partial charge in [-0.2, -0.15) is 5.10 Å². The van der Waals surface area contributed by atoms with E-state index in [0.29, 0.717) is 18.8 Å². The van der Waals surface area contributed by atoms with Gasteiger partial charge in [-0.25, -0.2) is 0 Å². The molecule has 1 N–H and O–H groups in total. The Morgan fingerprint density at radius 2 is 2.00 bits per heavy atom. The highest BCUT2D eigenvalue weighted by atomic mass is 32.1. The summed E-state index contributed by atoms with van der Waals surface area (Å²) in [6, 6.07) is 14.1. The van der Waals surface area contributed by atoms with Crippen molar-refractivity contribution in [1.29, 1.82) is 0 Å². The van der Waals surface area contributed by atoms with E-state index in [0.717, 1.165) is 47.4 Å². The topological polar surface area (TPSA) is 67.2 Å². The van der Waals surface area contributed by atoms with E-state index in [1.165, 1.54) is 0 Å². The summed E-state index contributed by atoms with van der Waals surface area (Å²) in [5, 5.41) is 9.94. The van der Waals surface area contributed by atoms with Gasteiger partial charge in [0.05, 0.1) is 11.4 Å². The van der Waals surface area contributed by atoms with Gasteiger partial charge in [0.2, 0.25) is 5.91 Å². The van der Waals surface area contributed by atoms with Crippen LogP contribution in [0.1, 0.15) is 54.2 Å². The third-order valence-corrected chi connectivity index (χ3v) is 7.73. The molecule has 5 rings (SSSR count). The van der Waals surface area contributed by atoms with Crippen LogP contribution in [0.4, 0.5) is 0 Å². The molecule has 6 nitrogen and oxygen atoms in total. The summed E-state index contributed by atoms with van der Waals surface area (Å²) in [4.78, 5) is 30.1. The molecule has 0 unspecified atom stereocenters. The second-order valence-electron chi connectivity index (χ2n) is 9.10. The van der Waals surface area contributed by atoms with Gasteiger partial charge in [0.15, 0.2) is 0 Å². The summed E-state index contributed by atoms with van der Waals surface area (Å²) in [5.74, 6) is -0.246. The fraction of sp³-hybridized carbons (Fsp3) is 0.400. The highest BCUT2D eigenvalue weighted by molar-refractivity contribution is 7.13. The van der Waals surface area contributed by atoms with Crippen molar-refractivity contribution in [3.63, 3.8) is 0 Å². The number of thiophene rings is 1. The number of benzene rings is 1. The highest BCUT2D eigenvalue weighted by Gasteiger charge is 2.48. The largest absolute Gasteiger partial charge is 0.351 e. The number of aryl methyl sites for hydroxylation is 1. The first kappa shape index (κ1) is 20.9. The molecule has 3 aromatic rings. The normalized spacial score (nSPS) is 21.1. The molecule has 2 amide bonds. The Balaban J connectivity index is 1.53. The number of nitrogens with zero attached hydrogens (tertiary/aromatic N) is 3. The van der Waals surface area contributed by atoms with E-state index < -0.39 is 5.54 Å². The Morgan fingerprint density at radius 1 is 1.22 bits per heavy atom. The van der Waals surface area contributed by atoms with Gasteiger partial charge in [0.25, 0.3) is 5.91 Å². The van der Waals surface area contributed by atoms with Crippen LogP contribution in [0.3, 0.4) is 0 Å². The Morgan fingerprint density at radius 3 is 2.72 bits per heavy atom. The van der Waals surface area contributed by atoms with Crippen molar-refractivity contribution >= 4 is 23.2 Å². The Bertz CT molecular complexity index is 1150. The number of amides is 2. The van der Waals surface area contributed by atoms with Gasteiger partial charge in [-0.15, -0.1) is 11.3 Å². The van der Waals surface area contributed by atoms with Gasteiger partial charge < -0.3 is 10.2 Å². The lowest BCUT2D eigenvalue weighted by atomic mass is 9.93. The first-order chi connectivity index (χ1) is 15.5. The summed E-state index contributed by atoms with van der Waals surface area (Å²) in [7, 11) is 0. The van der Waals surface area contributed by atoms with Crippen LogP contribution in [-0.2, 0) is 17.9 Å². The van der Waals surface area contributed by atoms with Crippen LogP contribution in [0.15, 0.2) is 47.8 Å². The molecule has 2 aromatic heterocycles. The zero-order valence-electron chi connectivity index (χ0n) is 18.5. The molecule has 0 saturated heterocycles. The van der Waals surface area contributed by atoms with Crippen LogP contribution >= 0.6 is 11.3 Å². The van der Waals surface area contributed by atoms with E-state index in [1.54, 1.807) is 20.9 Å². The molecular weight excluding hydrogens is 420 g/mol. The number of carbonyl (C=O) groups is 2. The molecular formula is C25H28N4O2S. The zero-order chi connectivity index (χ0) is 22.3. The van der Waals surface area contributed by atoms with Crippen LogP contribution in [0.2, 0.25) is 0 Å². The molecule has 0 spiro atoms. The van der Waals surface area contributed by atoms with E-state index in [9.17, 15) is 9.59 Å². The lowest BCUT2D eigenvalue weighted by molar-refractivity contribution is -0.134. The molecule has 0 bridgehead atoms. The highest BCUT2D eigenvalue weighted by Crippen LogP contribution is 2.33. The minimum Gasteiger partial charge on any atom is -0.351 e. The summed E-state index contributed by atoms with van der Waals surface area (Å²) >= 11 is 1.59. The van der Waals surface area contributed by atoms with Crippen molar-refractivity contribution in [3.8, 4) is 10.6 Å². The Labute approximate surface area is 192 Å². The number of nitrogens with one attached hydrogen (secondary N) is 1. The summed E-state index contributed by atoms with van der Waals surface area (Å²) < 4.78 is 1.72. The third kappa shape index (κ3) is 3.64. The predicted octanol–water partition coefficient (Wildman–Crippen LogP) is 4.39. The van der Waals surface area contributed by atoms with Crippen molar-refractivity contribution in [2.45, 2.75) is 64.2 Å². The number of hydrogen-bond acceptors (Lipinski definition) is 4. The lowest BCUT2D eigenvalue weighted by Gasteiger charge is -2.44. The van der Waals surface area contributed by atoms with Crippen LogP contribution < -0.4 is 5.32 Å². The molecule has 1 aromatic carbocycles. The molecule has 1 fully saturated rings. The van der Waals surface area contributed by atoms with Crippen LogP contribution in [0, 0.1) is 6.92 Å². The fourth-order valence-corrected chi connectivity index (χ4v) is 5.48. The summed E-state index contributed by atoms with van der Waals surface area (Å²) in [6.07, 6.45) is 4.29. The van der Waals surface area contributed by atoms with E-state index in [-0.39, 0.29) is 17.9 Å². The van der Waals surface area contributed by atoms with Gasteiger partial charge in [-0.3, -0.25) is 14.3 Å². The molecule has 0 radical (unpaired) electrons. The van der Waals surface area contributed by atoms with Crippen molar-refractivity contribution in [1.82, 2.24) is 20.0 Å². The van der Waals surface area contributed by atoms with Gasteiger partial charge in [-0.05, 0) is 55.3 Å². The average molecular weight is 449 g/mol. The molecule has 32 heavy (non-hydrogen) atoms. The molecule has 1 saturated carbocycles. The number of aromatic nitrogens is 2. The van der Waals surface area contributed by atoms with Crippen molar-refractivity contribution in [2.24, 2.45) is 0 Å². The first-order valence-corrected chi connectivity index (χ1v) is 12.1. The van der Waals surface area contributed by atoms with E-state index in [4.69, 9.17) is 5.10 Å². The predicted molar refractivity (Wildman–Crippen MR) is 125 cm³/mol. The maximum absolute atomic E-state index is 13.8. The second-order valence-corrected chi connectivity index (χ2v) is 10.0. The van der Waals surface area contributed by atoms with Gasteiger partial charge >= 0.3 is 0 Å². The molecule has 2 aliphatic rings. The smallest absolute Gasteiger partial charge is 0.273 e. The van der Waals surface area contributed by atoms with Crippen molar-refractivity contribution < 1.29 is 9.59 Å². The zero-order valence-corrected chi connectivity index (χ0v) is 19.3. The summed E-state index contributed by atoms with van der Waals surface area (Å²) in [6.45, 7) is 4.64. The molecule has 3 heterocycles.